The van der Waals surface area contributed by atoms with Crippen molar-refractivity contribution in [3.63, 3.8) is 0 Å². The average molecular weight is 273 g/mol. The van der Waals surface area contributed by atoms with E-state index in [1.807, 2.05) is 18.7 Å². The first-order chi connectivity index (χ1) is 8.54. The van der Waals surface area contributed by atoms with Gasteiger partial charge in [-0.1, -0.05) is 18.5 Å². The molecule has 0 aliphatic carbocycles. The Morgan fingerprint density at radius 3 is 2.83 bits per heavy atom. The van der Waals surface area contributed by atoms with E-state index >= 15 is 0 Å². The molecular weight excluding hydrogens is 250 g/mol. The van der Waals surface area contributed by atoms with Crippen LogP contribution in [0.15, 0.2) is 5.16 Å². The highest BCUT2D eigenvalue weighted by Crippen LogP contribution is 2.25. The van der Waals surface area contributed by atoms with Crippen LogP contribution in [0.5, 0.6) is 0 Å². The summed E-state index contributed by atoms with van der Waals surface area (Å²) in [6.07, 6.45) is 4.16. The number of hydrogen-bond acceptors (Lipinski definition) is 4. The van der Waals surface area contributed by atoms with Gasteiger partial charge >= 0.3 is 0 Å². The molecule has 0 spiro atoms. The number of hydrogen-bond donors (Lipinski definition) is 3. The van der Waals surface area contributed by atoms with Gasteiger partial charge in [0, 0.05) is 11.8 Å². The summed E-state index contributed by atoms with van der Waals surface area (Å²) in [5, 5.41) is 15.1. The van der Waals surface area contributed by atoms with Gasteiger partial charge in [-0.3, -0.25) is 4.79 Å². The molecule has 0 aromatic carbocycles. The minimum atomic E-state index is -0.923. The fourth-order valence-electron chi connectivity index (χ4n) is 1.94. The molecule has 1 amide bonds. The van der Waals surface area contributed by atoms with Crippen LogP contribution in [0.2, 0.25) is 0 Å². The zero-order valence-electron chi connectivity index (χ0n) is 11.1. The minimum absolute atomic E-state index is 0.0289. The second-order valence-corrected chi connectivity index (χ2v) is 6.28. The van der Waals surface area contributed by atoms with Crippen LogP contribution in [0.1, 0.15) is 39.5 Å². The molecule has 0 bridgehead atoms. The largest absolute Gasteiger partial charge is 0.409 e. The first kappa shape index (κ1) is 15.1. The quantitative estimate of drug-likeness (QED) is 0.307. The van der Waals surface area contributed by atoms with Crippen LogP contribution >= 0.6 is 11.8 Å². The predicted molar refractivity (Wildman–Crippen MR) is 74.9 cm³/mol. The summed E-state index contributed by atoms with van der Waals surface area (Å²) >= 11 is 1.91. The van der Waals surface area contributed by atoms with Crippen molar-refractivity contribution in [3.05, 3.63) is 0 Å². The van der Waals surface area contributed by atoms with Crippen molar-refractivity contribution in [2.75, 3.05) is 12.3 Å². The lowest BCUT2D eigenvalue weighted by atomic mass is 9.85. The zero-order chi connectivity index (χ0) is 13.6. The van der Waals surface area contributed by atoms with Gasteiger partial charge in [0.25, 0.3) is 0 Å². The molecule has 1 rings (SSSR count). The highest BCUT2D eigenvalue weighted by molar-refractivity contribution is 7.99. The number of carbonyl (C=O) groups is 1. The van der Waals surface area contributed by atoms with Gasteiger partial charge in [-0.05, 0) is 31.9 Å². The average Bonchev–Trinajstić information content (AvgIpc) is 2.43. The number of rotatable bonds is 5. The van der Waals surface area contributed by atoms with Crippen molar-refractivity contribution in [3.8, 4) is 0 Å². The molecule has 4 N–H and O–H groups in total. The van der Waals surface area contributed by atoms with E-state index in [1.165, 1.54) is 18.6 Å². The SMILES string of the molecule is CCC(C)(C(=O)NCC1CCCCS1)C(N)=NO. The van der Waals surface area contributed by atoms with Gasteiger partial charge in [-0.2, -0.15) is 11.8 Å². The van der Waals surface area contributed by atoms with E-state index in [0.29, 0.717) is 18.2 Å². The van der Waals surface area contributed by atoms with Crippen LogP contribution in [0, 0.1) is 5.41 Å². The number of oxime groups is 1. The Morgan fingerprint density at radius 2 is 2.33 bits per heavy atom. The lowest BCUT2D eigenvalue weighted by Gasteiger charge is -2.27. The predicted octanol–water partition coefficient (Wildman–Crippen LogP) is 1.55. The summed E-state index contributed by atoms with van der Waals surface area (Å²) in [7, 11) is 0. The van der Waals surface area contributed by atoms with Gasteiger partial charge < -0.3 is 16.3 Å². The molecule has 1 aliphatic rings. The van der Waals surface area contributed by atoms with Gasteiger partial charge in [-0.15, -0.1) is 0 Å². The maximum Gasteiger partial charge on any atom is 0.233 e. The minimum Gasteiger partial charge on any atom is -0.409 e. The summed E-state index contributed by atoms with van der Waals surface area (Å²) < 4.78 is 0. The number of nitrogens with one attached hydrogen (secondary N) is 1. The second kappa shape index (κ2) is 6.87. The third kappa shape index (κ3) is 3.54. The van der Waals surface area contributed by atoms with Crippen LogP contribution < -0.4 is 11.1 Å². The van der Waals surface area contributed by atoms with Gasteiger partial charge in [0.15, 0.2) is 5.84 Å². The number of carbonyl (C=O) groups excluding carboxylic acids is 1. The standard InChI is InChI=1S/C12H23N3O2S/c1-3-12(2,10(13)15-17)11(16)14-8-9-6-4-5-7-18-9/h9,17H,3-8H2,1-2H3,(H2,13,15)(H,14,16). The van der Waals surface area contributed by atoms with E-state index in [0.717, 1.165) is 6.42 Å². The third-order valence-corrected chi connectivity index (χ3v) is 5.04. The monoisotopic (exact) mass is 273 g/mol. The Labute approximate surface area is 113 Å². The fraction of sp³-hybridized carbons (Fsp3) is 0.833. The molecule has 0 saturated carbocycles. The van der Waals surface area contributed by atoms with Crippen LogP contribution in [0.3, 0.4) is 0 Å². The molecule has 104 valence electrons. The van der Waals surface area contributed by atoms with Gasteiger partial charge in [0.1, 0.15) is 5.41 Å². The lowest BCUT2D eigenvalue weighted by molar-refractivity contribution is -0.127. The van der Waals surface area contributed by atoms with E-state index < -0.39 is 5.41 Å². The number of amidine groups is 1. The molecule has 2 atom stereocenters. The zero-order valence-corrected chi connectivity index (χ0v) is 11.9. The van der Waals surface area contributed by atoms with E-state index in [-0.39, 0.29) is 11.7 Å². The van der Waals surface area contributed by atoms with E-state index in [2.05, 4.69) is 10.5 Å². The first-order valence-electron chi connectivity index (χ1n) is 6.42. The van der Waals surface area contributed by atoms with Crippen LogP contribution in [0.4, 0.5) is 0 Å². The van der Waals surface area contributed by atoms with Crippen molar-refractivity contribution in [2.24, 2.45) is 16.3 Å². The molecule has 6 heteroatoms. The van der Waals surface area contributed by atoms with Crippen LogP contribution in [-0.4, -0.2) is 34.5 Å². The Bertz CT molecular complexity index is 316. The highest BCUT2D eigenvalue weighted by Gasteiger charge is 2.36. The molecule has 18 heavy (non-hydrogen) atoms. The number of thioether (sulfide) groups is 1. The lowest BCUT2D eigenvalue weighted by Crippen LogP contribution is -2.49. The summed E-state index contributed by atoms with van der Waals surface area (Å²) in [6.45, 7) is 4.22. The van der Waals surface area contributed by atoms with Crippen molar-refractivity contribution < 1.29 is 10.0 Å². The summed E-state index contributed by atoms with van der Waals surface area (Å²) in [5.41, 5.74) is 4.68. The van der Waals surface area contributed by atoms with Crippen LogP contribution in [0.25, 0.3) is 0 Å². The highest BCUT2D eigenvalue weighted by atomic mass is 32.2. The van der Waals surface area contributed by atoms with Crippen molar-refractivity contribution >= 4 is 23.5 Å². The topological polar surface area (TPSA) is 87.7 Å². The summed E-state index contributed by atoms with van der Waals surface area (Å²) in [4.78, 5) is 12.1. The fourth-order valence-corrected chi connectivity index (χ4v) is 3.18. The third-order valence-electron chi connectivity index (χ3n) is 3.65. The molecular formula is C12H23N3O2S. The van der Waals surface area contributed by atoms with E-state index in [4.69, 9.17) is 10.9 Å². The van der Waals surface area contributed by atoms with Crippen LogP contribution in [-0.2, 0) is 4.79 Å². The first-order valence-corrected chi connectivity index (χ1v) is 7.47. The Kier molecular flexibility index (Phi) is 5.78. The second-order valence-electron chi connectivity index (χ2n) is 4.87. The molecule has 0 radical (unpaired) electrons. The Hall–Kier alpha value is -0.910. The maximum absolute atomic E-state index is 12.1. The van der Waals surface area contributed by atoms with Crippen molar-refractivity contribution in [1.82, 2.24) is 5.32 Å². The molecule has 0 aromatic heterocycles. The maximum atomic E-state index is 12.1. The molecule has 1 aliphatic heterocycles. The van der Waals surface area contributed by atoms with E-state index in [9.17, 15) is 4.79 Å². The summed E-state index contributed by atoms with van der Waals surface area (Å²) in [5.74, 6) is 0.983. The Morgan fingerprint density at radius 1 is 1.61 bits per heavy atom. The molecule has 1 fully saturated rings. The van der Waals surface area contributed by atoms with Gasteiger partial charge in [0.05, 0.1) is 0 Å². The Balaban J connectivity index is 2.52. The summed E-state index contributed by atoms with van der Waals surface area (Å²) in [6, 6.07) is 0. The number of amides is 1. The van der Waals surface area contributed by atoms with Gasteiger partial charge in [0.2, 0.25) is 5.91 Å². The molecule has 1 saturated heterocycles. The van der Waals surface area contributed by atoms with E-state index in [1.54, 1.807) is 6.92 Å². The van der Waals surface area contributed by atoms with Crippen molar-refractivity contribution in [2.45, 2.75) is 44.8 Å². The number of nitrogens with two attached hydrogens (primary N) is 1. The van der Waals surface area contributed by atoms with Crippen molar-refractivity contribution in [1.29, 1.82) is 0 Å². The smallest absolute Gasteiger partial charge is 0.233 e. The molecule has 1 heterocycles. The number of nitrogens with zero attached hydrogens (tertiary/aromatic N) is 1. The van der Waals surface area contributed by atoms with Gasteiger partial charge in [-0.25, -0.2) is 0 Å². The molecule has 5 nitrogen and oxygen atoms in total. The molecule has 2 unspecified atom stereocenters. The normalized spacial score (nSPS) is 24.3. The molecule has 0 aromatic rings.